The molecule has 0 heterocycles. The first-order valence-electron chi connectivity index (χ1n) is 13.3. The van der Waals surface area contributed by atoms with Crippen LogP contribution in [0.25, 0.3) is 0 Å². The minimum absolute atomic E-state index is 0.0741. The molecule has 0 fully saturated rings. The maximum Gasteiger partial charge on any atom is 0.303 e. The Morgan fingerprint density at radius 2 is 1.50 bits per heavy atom. The van der Waals surface area contributed by atoms with Gasteiger partial charge in [0.05, 0.1) is 12.2 Å². The zero-order chi connectivity index (χ0) is 27.1. The molecule has 2 aromatic rings. The summed E-state index contributed by atoms with van der Waals surface area (Å²) in [6, 6.07) is 13.0. The van der Waals surface area contributed by atoms with E-state index in [1.807, 2.05) is 13.0 Å². The molecule has 0 aromatic heterocycles. The van der Waals surface area contributed by atoms with Crippen LogP contribution in [0.2, 0.25) is 0 Å². The fraction of sp³-hybridized carbons (Fsp3) is 0.581. The lowest BCUT2D eigenvalue weighted by molar-refractivity contribution is -0.137. The van der Waals surface area contributed by atoms with Crippen molar-refractivity contribution in [2.45, 2.75) is 105 Å². The number of aliphatic carboxylic acids is 1. The SMILES string of the molecule is CCC(CC)(c1ccc(CCC(O)C(C)(C)C)c(C)c1)c1ccc(OC[C@H](O)CCC(=O)O)c(C)c1. The average Bonchev–Trinajstić information content (AvgIpc) is 2.82. The van der Waals surface area contributed by atoms with E-state index in [9.17, 15) is 15.0 Å². The second kappa shape index (κ2) is 12.7. The van der Waals surface area contributed by atoms with Gasteiger partial charge < -0.3 is 20.1 Å². The lowest BCUT2D eigenvalue weighted by atomic mass is 9.69. The van der Waals surface area contributed by atoms with E-state index in [1.54, 1.807) is 0 Å². The van der Waals surface area contributed by atoms with Gasteiger partial charge in [0.1, 0.15) is 12.4 Å². The third-order valence-corrected chi connectivity index (χ3v) is 7.64. The van der Waals surface area contributed by atoms with Crippen molar-refractivity contribution in [2.75, 3.05) is 6.61 Å². The number of rotatable bonds is 13. The van der Waals surface area contributed by atoms with E-state index in [0.29, 0.717) is 5.75 Å². The van der Waals surface area contributed by atoms with Crippen molar-refractivity contribution >= 4 is 5.97 Å². The van der Waals surface area contributed by atoms with Gasteiger partial charge in [-0.05, 0) is 85.3 Å². The van der Waals surface area contributed by atoms with Gasteiger partial charge in [-0.1, -0.05) is 65.0 Å². The maximum atomic E-state index is 10.7. The molecule has 5 heteroatoms. The van der Waals surface area contributed by atoms with Crippen molar-refractivity contribution < 1.29 is 24.9 Å². The Morgan fingerprint density at radius 3 is 2.00 bits per heavy atom. The number of carboxylic acid groups (broad SMARTS) is 1. The normalized spacial score (nSPS) is 13.9. The van der Waals surface area contributed by atoms with Crippen LogP contribution in [0.4, 0.5) is 0 Å². The predicted octanol–water partition coefficient (Wildman–Crippen LogP) is 6.35. The summed E-state index contributed by atoms with van der Waals surface area (Å²) >= 11 is 0. The third-order valence-electron chi connectivity index (χ3n) is 7.64. The minimum Gasteiger partial charge on any atom is -0.491 e. The molecule has 2 rings (SSSR count). The summed E-state index contributed by atoms with van der Waals surface area (Å²) in [4.78, 5) is 10.7. The second-order valence-corrected chi connectivity index (χ2v) is 11.2. The Morgan fingerprint density at radius 1 is 0.917 bits per heavy atom. The molecule has 36 heavy (non-hydrogen) atoms. The zero-order valence-corrected chi connectivity index (χ0v) is 23.2. The minimum atomic E-state index is -0.921. The lowest BCUT2D eigenvalue weighted by Gasteiger charge is -2.34. The molecule has 3 N–H and O–H groups in total. The molecular formula is C31H46O5. The smallest absolute Gasteiger partial charge is 0.303 e. The molecule has 0 saturated carbocycles. The van der Waals surface area contributed by atoms with E-state index in [2.05, 4.69) is 71.9 Å². The highest BCUT2D eigenvalue weighted by Gasteiger charge is 2.31. The van der Waals surface area contributed by atoms with Gasteiger partial charge in [-0.25, -0.2) is 0 Å². The third kappa shape index (κ3) is 7.57. The standard InChI is InChI=1S/C31H46O5/c1-8-31(9-2,24-12-10-23(21(3)18-24)11-16-28(33)30(5,6)7)25-13-15-27(22(4)19-25)36-20-26(32)14-17-29(34)35/h10,12-13,15,18-19,26,28,32-33H,8-9,11,14,16-17,20H2,1-7H3,(H,34,35)/t26-,28?/m1/s1. The summed E-state index contributed by atoms with van der Waals surface area (Å²) < 4.78 is 5.81. The fourth-order valence-electron chi connectivity index (χ4n) is 4.90. The summed E-state index contributed by atoms with van der Waals surface area (Å²) in [5.41, 5.74) is 5.82. The van der Waals surface area contributed by atoms with Crippen molar-refractivity contribution in [3.05, 3.63) is 64.2 Å². The van der Waals surface area contributed by atoms with Crippen LogP contribution in [0, 0.1) is 19.3 Å². The maximum absolute atomic E-state index is 10.7. The van der Waals surface area contributed by atoms with Gasteiger partial charge in [0.2, 0.25) is 0 Å². The molecule has 0 saturated heterocycles. The van der Waals surface area contributed by atoms with Crippen molar-refractivity contribution in [1.29, 1.82) is 0 Å². The fourth-order valence-corrected chi connectivity index (χ4v) is 4.90. The molecule has 0 bridgehead atoms. The Kier molecular flexibility index (Phi) is 10.6. The van der Waals surface area contributed by atoms with Crippen molar-refractivity contribution in [1.82, 2.24) is 0 Å². The summed E-state index contributed by atoms with van der Waals surface area (Å²) in [7, 11) is 0. The van der Waals surface area contributed by atoms with Gasteiger partial charge >= 0.3 is 5.97 Å². The van der Waals surface area contributed by atoms with Crippen LogP contribution in [0.1, 0.15) is 94.5 Å². The number of aryl methyl sites for hydroxylation is 3. The zero-order valence-electron chi connectivity index (χ0n) is 23.2. The van der Waals surface area contributed by atoms with Crippen LogP contribution in [-0.2, 0) is 16.6 Å². The van der Waals surface area contributed by atoms with Crippen LogP contribution < -0.4 is 4.74 Å². The van der Waals surface area contributed by atoms with Crippen LogP contribution in [-0.4, -0.2) is 40.1 Å². The first-order valence-corrected chi connectivity index (χ1v) is 13.3. The molecule has 200 valence electrons. The number of hydrogen-bond acceptors (Lipinski definition) is 4. The number of ether oxygens (including phenoxy) is 1. The highest BCUT2D eigenvalue weighted by molar-refractivity contribution is 5.66. The Hall–Kier alpha value is -2.37. The summed E-state index contributed by atoms with van der Waals surface area (Å²) in [6.45, 7) is 14.9. The number of carboxylic acids is 1. The van der Waals surface area contributed by atoms with Gasteiger partial charge in [-0.2, -0.15) is 0 Å². The molecule has 0 aliphatic carbocycles. The van der Waals surface area contributed by atoms with Gasteiger partial charge in [-0.15, -0.1) is 0 Å². The van der Waals surface area contributed by atoms with Gasteiger partial charge in [-0.3, -0.25) is 4.79 Å². The second-order valence-electron chi connectivity index (χ2n) is 11.2. The molecule has 2 aromatic carbocycles. The summed E-state index contributed by atoms with van der Waals surface area (Å²) in [5, 5.41) is 29.3. The number of hydrogen-bond donors (Lipinski definition) is 3. The van der Waals surface area contributed by atoms with Crippen molar-refractivity contribution in [2.24, 2.45) is 5.41 Å². The number of aliphatic hydroxyl groups is 2. The van der Waals surface area contributed by atoms with Crippen LogP contribution in [0.3, 0.4) is 0 Å². The molecule has 0 amide bonds. The quantitative estimate of drug-likeness (QED) is 0.299. The lowest BCUT2D eigenvalue weighted by Crippen LogP contribution is -2.27. The molecule has 1 unspecified atom stereocenters. The molecule has 0 spiro atoms. The molecule has 0 aliphatic heterocycles. The number of carbonyl (C=O) groups is 1. The molecule has 0 aliphatic rings. The van der Waals surface area contributed by atoms with Crippen LogP contribution >= 0.6 is 0 Å². The molecule has 0 radical (unpaired) electrons. The van der Waals surface area contributed by atoms with E-state index in [-0.39, 0.29) is 36.4 Å². The van der Waals surface area contributed by atoms with Gasteiger partial charge in [0.25, 0.3) is 0 Å². The predicted molar refractivity (Wildman–Crippen MR) is 146 cm³/mol. The summed E-state index contributed by atoms with van der Waals surface area (Å²) in [6.07, 6.45) is 2.48. The van der Waals surface area contributed by atoms with Crippen LogP contribution in [0.15, 0.2) is 36.4 Å². The molecular weight excluding hydrogens is 452 g/mol. The topological polar surface area (TPSA) is 87.0 Å². The molecule has 5 nitrogen and oxygen atoms in total. The van der Waals surface area contributed by atoms with E-state index >= 15 is 0 Å². The van der Waals surface area contributed by atoms with Crippen molar-refractivity contribution in [3.63, 3.8) is 0 Å². The van der Waals surface area contributed by atoms with E-state index in [0.717, 1.165) is 31.2 Å². The van der Waals surface area contributed by atoms with Gasteiger partial charge in [0, 0.05) is 11.8 Å². The van der Waals surface area contributed by atoms with E-state index < -0.39 is 12.1 Å². The highest BCUT2D eigenvalue weighted by atomic mass is 16.5. The first kappa shape index (κ1) is 29.9. The van der Waals surface area contributed by atoms with E-state index in [1.165, 1.54) is 22.3 Å². The first-order chi connectivity index (χ1) is 16.8. The Balaban J connectivity index is 2.23. The Labute approximate surface area is 217 Å². The van der Waals surface area contributed by atoms with Crippen molar-refractivity contribution in [3.8, 4) is 5.75 Å². The Bertz CT molecular complexity index is 1000. The highest BCUT2D eigenvalue weighted by Crippen LogP contribution is 2.41. The summed E-state index contributed by atoms with van der Waals surface area (Å²) in [5.74, 6) is -0.214. The van der Waals surface area contributed by atoms with E-state index in [4.69, 9.17) is 9.84 Å². The number of benzene rings is 2. The monoisotopic (exact) mass is 498 g/mol. The van der Waals surface area contributed by atoms with Gasteiger partial charge in [0.15, 0.2) is 0 Å². The average molecular weight is 499 g/mol. The van der Waals surface area contributed by atoms with Crippen LogP contribution in [0.5, 0.6) is 5.75 Å². The number of aliphatic hydroxyl groups excluding tert-OH is 2. The largest absolute Gasteiger partial charge is 0.491 e. The molecule has 2 atom stereocenters.